The third kappa shape index (κ3) is 3.01. The fraction of sp³-hybridized carbons (Fsp3) is 0.455. The number of hydrogen-bond acceptors (Lipinski definition) is 5. The van der Waals surface area contributed by atoms with Crippen molar-refractivity contribution in [3.63, 3.8) is 0 Å². The van der Waals surface area contributed by atoms with Crippen LogP contribution >= 0.6 is 0 Å². The zero-order valence-corrected chi connectivity index (χ0v) is 9.48. The van der Waals surface area contributed by atoms with Gasteiger partial charge in [0.15, 0.2) is 11.5 Å². The summed E-state index contributed by atoms with van der Waals surface area (Å²) in [5, 5.41) is 0. The summed E-state index contributed by atoms with van der Waals surface area (Å²) in [6, 6.07) is 3.21. The van der Waals surface area contributed by atoms with Crippen LogP contribution in [0, 0.1) is 6.92 Å². The van der Waals surface area contributed by atoms with Crippen molar-refractivity contribution in [1.82, 2.24) is 0 Å². The molecule has 0 aliphatic heterocycles. The molecule has 0 unspecified atom stereocenters. The van der Waals surface area contributed by atoms with E-state index in [9.17, 15) is 9.59 Å². The van der Waals surface area contributed by atoms with Crippen molar-refractivity contribution in [3.05, 3.63) is 23.7 Å². The van der Waals surface area contributed by atoms with E-state index >= 15 is 0 Å². The predicted molar refractivity (Wildman–Crippen MR) is 55.2 cm³/mol. The molecule has 88 valence electrons. The minimum atomic E-state index is -1.000. The Balaban J connectivity index is 2.61. The summed E-state index contributed by atoms with van der Waals surface area (Å²) in [6.07, 6.45) is -1.29. The molecule has 16 heavy (non-hydrogen) atoms. The van der Waals surface area contributed by atoms with Gasteiger partial charge in [0.1, 0.15) is 5.76 Å². The van der Waals surface area contributed by atoms with E-state index in [0.717, 1.165) is 0 Å². The van der Waals surface area contributed by atoms with Gasteiger partial charge in [-0.05, 0) is 19.1 Å². The van der Waals surface area contributed by atoms with Crippen LogP contribution in [0.5, 0.6) is 0 Å². The van der Waals surface area contributed by atoms with Crippen LogP contribution in [-0.2, 0) is 14.3 Å². The van der Waals surface area contributed by atoms with Gasteiger partial charge in [-0.1, -0.05) is 0 Å². The van der Waals surface area contributed by atoms with Gasteiger partial charge in [-0.2, -0.15) is 0 Å². The smallest absolute Gasteiger partial charge is 0.217 e. The van der Waals surface area contributed by atoms with Gasteiger partial charge in [0.25, 0.3) is 0 Å². The van der Waals surface area contributed by atoms with Gasteiger partial charge in [-0.15, -0.1) is 0 Å². The monoisotopic (exact) mass is 226 g/mol. The molecule has 0 saturated carbocycles. The van der Waals surface area contributed by atoms with Gasteiger partial charge in [0, 0.05) is 14.2 Å². The molecule has 0 N–H and O–H groups in total. The molecule has 0 spiro atoms. The highest BCUT2D eigenvalue weighted by Crippen LogP contribution is 2.10. The molecule has 1 aromatic heterocycles. The van der Waals surface area contributed by atoms with E-state index < -0.39 is 12.1 Å². The molecule has 1 rings (SSSR count). The molecule has 5 heteroatoms. The summed E-state index contributed by atoms with van der Waals surface area (Å²) in [5.41, 5.74) is 0. The first-order valence-electron chi connectivity index (χ1n) is 4.76. The van der Waals surface area contributed by atoms with E-state index in [4.69, 9.17) is 13.9 Å². The zero-order chi connectivity index (χ0) is 12.1. The van der Waals surface area contributed by atoms with Crippen LogP contribution in [0.1, 0.15) is 22.7 Å². The Kier molecular flexibility index (Phi) is 4.39. The number of ketones is 2. The van der Waals surface area contributed by atoms with Crippen LogP contribution in [0.15, 0.2) is 16.5 Å². The van der Waals surface area contributed by atoms with Gasteiger partial charge in [-0.3, -0.25) is 9.59 Å². The number of rotatable bonds is 6. The van der Waals surface area contributed by atoms with Crippen molar-refractivity contribution in [3.8, 4) is 0 Å². The number of Topliss-reactive ketones (excluding diaryl/α,β-unsaturated/α-hetero) is 2. The Morgan fingerprint density at radius 1 is 1.31 bits per heavy atom. The lowest BCUT2D eigenvalue weighted by Gasteiger charge is -2.10. The topological polar surface area (TPSA) is 65.7 Å². The molecule has 0 aliphatic carbocycles. The molecule has 0 aliphatic rings. The van der Waals surface area contributed by atoms with Crippen molar-refractivity contribution < 1.29 is 23.5 Å². The first-order valence-corrected chi connectivity index (χ1v) is 4.76. The highest BCUT2D eigenvalue weighted by Gasteiger charge is 2.22. The number of hydrogen-bond donors (Lipinski definition) is 0. The second-order valence-electron chi connectivity index (χ2n) is 3.28. The minimum absolute atomic E-state index is 0.178. The fourth-order valence-corrected chi connectivity index (χ4v) is 1.27. The van der Waals surface area contributed by atoms with Crippen molar-refractivity contribution in [2.45, 2.75) is 19.6 Å². The predicted octanol–water partition coefficient (Wildman–Crippen LogP) is 1.35. The Hall–Kier alpha value is -1.46. The maximum absolute atomic E-state index is 11.6. The molecule has 0 saturated heterocycles. The number of aryl methyl sites for hydroxylation is 1. The van der Waals surface area contributed by atoms with Crippen molar-refractivity contribution in [2.24, 2.45) is 0 Å². The molecule has 0 atom stereocenters. The fourth-order valence-electron chi connectivity index (χ4n) is 1.27. The lowest BCUT2D eigenvalue weighted by molar-refractivity contribution is -0.155. The summed E-state index contributed by atoms with van der Waals surface area (Å²) >= 11 is 0. The SMILES string of the molecule is COC(OC)C(=O)CC(=O)c1ccc(C)o1. The molecule has 1 aromatic rings. The number of methoxy groups -OCH3 is 2. The Labute approximate surface area is 93.3 Å². The largest absolute Gasteiger partial charge is 0.458 e. The Bertz CT molecular complexity index is 375. The summed E-state index contributed by atoms with van der Waals surface area (Å²) in [7, 11) is 2.68. The van der Waals surface area contributed by atoms with Crippen LogP contribution < -0.4 is 0 Å². The van der Waals surface area contributed by atoms with Crippen molar-refractivity contribution in [1.29, 1.82) is 0 Å². The van der Waals surface area contributed by atoms with Crippen LogP contribution in [0.2, 0.25) is 0 Å². The van der Waals surface area contributed by atoms with Gasteiger partial charge in [0.2, 0.25) is 12.1 Å². The van der Waals surface area contributed by atoms with E-state index in [-0.39, 0.29) is 18.0 Å². The summed E-state index contributed by atoms with van der Waals surface area (Å²) in [5.74, 6) is 0.00360. The summed E-state index contributed by atoms with van der Waals surface area (Å²) < 4.78 is 14.6. The zero-order valence-electron chi connectivity index (χ0n) is 9.48. The minimum Gasteiger partial charge on any atom is -0.458 e. The van der Waals surface area contributed by atoms with Gasteiger partial charge < -0.3 is 13.9 Å². The lowest BCUT2D eigenvalue weighted by Crippen LogP contribution is -2.26. The highest BCUT2D eigenvalue weighted by atomic mass is 16.7. The quantitative estimate of drug-likeness (QED) is 0.416. The highest BCUT2D eigenvalue weighted by molar-refractivity contribution is 6.07. The average Bonchev–Trinajstić information content (AvgIpc) is 2.66. The average molecular weight is 226 g/mol. The number of ether oxygens (including phenoxy) is 2. The van der Waals surface area contributed by atoms with Crippen LogP contribution in [0.3, 0.4) is 0 Å². The maximum Gasteiger partial charge on any atom is 0.217 e. The van der Waals surface area contributed by atoms with Crippen molar-refractivity contribution >= 4 is 11.6 Å². The third-order valence-electron chi connectivity index (χ3n) is 2.04. The molecule has 0 radical (unpaired) electrons. The van der Waals surface area contributed by atoms with E-state index in [2.05, 4.69) is 0 Å². The lowest BCUT2D eigenvalue weighted by atomic mass is 10.1. The molecule has 0 fully saturated rings. The normalized spacial score (nSPS) is 10.8. The van der Waals surface area contributed by atoms with Gasteiger partial charge >= 0.3 is 0 Å². The van der Waals surface area contributed by atoms with Crippen LogP contribution in [0.4, 0.5) is 0 Å². The maximum atomic E-state index is 11.6. The molecule has 0 aromatic carbocycles. The first kappa shape index (κ1) is 12.6. The third-order valence-corrected chi connectivity index (χ3v) is 2.04. The second-order valence-corrected chi connectivity index (χ2v) is 3.28. The van der Waals surface area contributed by atoms with Crippen molar-refractivity contribution in [2.75, 3.05) is 14.2 Å². The molecule has 5 nitrogen and oxygen atoms in total. The number of carbonyl (C=O) groups excluding carboxylic acids is 2. The Morgan fingerprint density at radius 3 is 2.38 bits per heavy atom. The molecular weight excluding hydrogens is 212 g/mol. The molecular formula is C11H14O5. The summed E-state index contributed by atoms with van der Waals surface area (Å²) in [4.78, 5) is 23.1. The van der Waals surface area contributed by atoms with Crippen LogP contribution in [0.25, 0.3) is 0 Å². The van der Waals surface area contributed by atoms with Gasteiger partial charge in [-0.25, -0.2) is 0 Å². The van der Waals surface area contributed by atoms with Crippen LogP contribution in [-0.4, -0.2) is 32.1 Å². The standard InChI is InChI=1S/C11H14O5/c1-7-4-5-10(16-7)8(12)6-9(13)11(14-2)15-3/h4-5,11H,6H2,1-3H3. The van der Waals surface area contributed by atoms with E-state index in [1.165, 1.54) is 14.2 Å². The Morgan fingerprint density at radius 2 is 1.94 bits per heavy atom. The van der Waals surface area contributed by atoms with E-state index in [0.29, 0.717) is 5.76 Å². The number of furan rings is 1. The molecule has 1 heterocycles. The van der Waals surface area contributed by atoms with E-state index in [1.54, 1.807) is 19.1 Å². The van der Waals surface area contributed by atoms with E-state index in [1.807, 2.05) is 0 Å². The van der Waals surface area contributed by atoms with Gasteiger partial charge in [0.05, 0.1) is 6.42 Å². The summed E-state index contributed by atoms with van der Waals surface area (Å²) in [6.45, 7) is 1.73. The number of carbonyl (C=O) groups is 2. The molecule has 0 amide bonds. The second kappa shape index (κ2) is 5.58. The first-order chi connectivity index (χ1) is 7.58. The molecule has 0 bridgehead atoms.